The summed E-state index contributed by atoms with van der Waals surface area (Å²) in [6, 6.07) is 3.94. The monoisotopic (exact) mass is 257 g/mol. The summed E-state index contributed by atoms with van der Waals surface area (Å²) in [6.07, 6.45) is 0. The van der Waals surface area contributed by atoms with Crippen molar-refractivity contribution in [2.24, 2.45) is 0 Å². The van der Waals surface area contributed by atoms with Crippen LogP contribution < -0.4 is 0 Å². The SMILES string of the molecule is N#Cc1ccc(C(=O)CBr)c(O)c1F. The van der Waals surface area contributed by atoms with Gasteiger partial charge in [-0.15, -0.1) is 0 Å². The van der Waals surface area contributed by atoms with E-state index >= 15 is 0 Å². The van der Waals surface area contributed by atoms with Crippen molar-refractivity contribution in [1.82, 2.24) is 0 Å². The lowest BCUT2D eigenvalue weighted by Gasteiger charge is -2.03. The third-order valence-electron chi connectivity index (χ3n) is 1.66. The van der Waals surface area contributed by atoms with Crippen LogP contribution >= 0.6 is 15.9 Å². The van der Waals surface area contributed by atoms with Gasteiger partial charge in [-0.2, -0.15) is 5.26 Å². The second-order valence-corrected chi connectivity index (χ2v) is 3.05. The Labute approximate surface area is 87.9 Å². The maximum absolute atomic E-state index is 13.1. The fourth-order valence-electron chi connectivity index (χ4n) is 0.948. The minimum Gasteiger partial charge on any atom is -0.504 e. The first-order valence-corrected chi connectivity index (χ1v) is 4.74. The summed E-state index contributed by atoms with van der Waals surface area (Å²) in [5, 5.41) is 17.7. The molecule has 0 saturated heterocycles. The molecule has 1 rings (SSSR count). The number of hydrogen-bond acceptors (Lipinski definition) is 3. The van der Waals surface area contributed by atoms with Gasteiger partial charge in [0.05, 0.1) is 16.5 Å². The van der Waals surface area contributed by atoms with Crippen LogP contribution in [-0.4, -0.2) is 16.2 Å². The molecule has 0 radical (unpaired) electrons. The normalized spacial score (nSPS) is 9.50. The number of carbonyl (C=O) groups is 1. The highest BCUT2D eigenvalue weighted by atomic mass is 79.9. The standard InChI is InChI=1S/C9H5BrFNO2/c10-3-7(13)6-2-1-5(4-12)8(11)9(6)14/h1-2,14H,3H2. The van der Waals surface area contributed by atoms with Gasteiger partial charge in [0.15, 0.2) is 17.3 Å². The van der Waals surface area contributed by atoms with E-state index in [1.807, 2.05) is 0 Å². The third kappa shape index (κ3) is 1.75. The van der Waals surface area contributed by atoms with Crippen molar-refractivity contribution in [2.75, 3.05) is 5.33 Å². The van der Waals surface area contributed by atoms with E-state index in [0.717, 1.165) is 6.07 Å². The van der Waals surface area contributed by atoms with Crippen LogP contribution in [0.5, 0.6) is 5.75 Å². The van der Waals surface area contributed by atoms with Crippen LogP contribution in [0.4, 0.5) is 4.39 Å². The maximum atomic E-state index is 13.1. The Kier molecular flexibility index (Phi) is 3.20. The first kappa shape index (κ1) is 10.7. The highest BCUT2D eigenvalue weighted by molar-refractivity contribution is 9.09. The summed E-state index contributed by atoms with van der Waals surface area (Å²) in [6.45, 7) is 0. The largest absolute Gasteiger partial charge is 0.504 e. The van der Waals surface area contributed by atoms with Crippen LogP contribution in [0.3, 0.4) is 0 Å². The van der Waals surface area contributed by atoms with Gasteiger partial charge < -0.3 is 5.11 Å². The molecule has 0 bridgehead atoms. The van der Waals surface area contributed by atoms with Gasteiger partial charge in [-0.3, -0.25) is 4.79 Å². The Morgan fingerprint density at radius 1 is 1.64 bits per heavy atom. The fourth-order valence-corrected chi connectivity index (χ4v) is 1.25. The van der Waals surface area contributed by atoms with E-state index < -0.39 is 17.3 Å². The molecule has 0 aliphatic rings. The Balaban J connectivity index is 3.33. The van der Waals surface area contributed by atoms with E-state index in [-0.39, 0.29) is 16.5 Å². The molecule has 0 spiro atoms. The van der Waals surface area contributed by atoms with E-state index in [1.165, 1.54) is 6.07 Å². The molecule has 1 aromatic carbocycles. The summed E-state index contributed by atoms with van der Waals surface area (Å²) in [5.74, 6) is -2.27. The number of nitrogens with zero attached hydrogens (tertiary/aromatic N) is 1. The number of phenolic OH excluding ortho intramolecular Hbond substituents is 1. The lowest BCUT2D eigenvalue weighted by atomic mass is 10.1. The van der Waals surface area contributed by atoms with Crippen LogP contribution in [0.15, 0.2) is 12.1 Å². The molecule has 0 aromatic heterocycles. The van der Waals surface area contributed by atoms with Gasteiger partial charge in [-0.25, -0.2) is 4.39 Å². The van der Waals surface area contributed by atoms with Crippen molar-refractivity contribution >= 4 is 21.7 Å². The molecule has 72 valence electrons. The molecule has 0 heterocycles. The topological polar surface area (TPSA) is 61.1 Å². The van der Waals surface area contributed by atoms with Crippen molar-refractivity contribution in [3.8, 4) is 11.8 Å². The van der Waals surface area contributed by atoms with Gasteiger partial charge in [0, 0.05) is 0 Å². The predicted molar refractivity (Wildman–Crippen MR) is 50.9 cm³/mol. The van der Waals surface area contributed by atoms with Gasteiger partial charge in [0.2, 0.25) is 0 Å². The molecule has 0 aliphatic heterocycles. The lowest BCUT2D eigenvalue weighted by molar-refractivity contribution is 0.102. The van der Waals surface area contributed by atoms with Gasteiger partial charge in [-0.05, 0) is 12.1 Å². The summed E-state index contributed by atoms with van der Waals surface area (Å²) < 4.78 is 13.1. The number of halogens is 2. The fraction of sp³-hybridized carbons (Fsp3) is 0.111. The zero-order chi connectivity index (χ0) is 10.7. The minimum absolute atomic E-state index is 0.00804. The Morgan fingerprint density at radius 2 is 2.29 bits per heavy atom. The van der Waals surface area contributed by atoms with E-state index in [9.17, 15) is 14.3 Å². The van der Waals surface area contributed by atoms with Gasteiger partial charge in [0.25, 0.3) is 0 Å². The second kappa shape index (κ2) is 4.20. The lowest BCUT2D eigenvalue weighted by Crippen LogP contribution is -2.02. The summed E-state index contributed by atoms with van der Waals surface area (Å²) in [7, 11) is 0. The second-order valence-electron chi connectivity index (χ2n) is 2.49. The highest BCUT2D eigenvalue weighted by Crippen LogP contribution is 2.24. The molecule has 0 aliphatic carbocycles. The number of nitriles is 1. The average molecular weight is 258 g/mol. The molecule has 0 fully saturated rings. The van der Waals surface area contributed by atoms with Crippen LogP contribution in [-0.2, 0) is 0 Å². The number of carbonyl (C=O) groups excluding carboxylic acids is 1. The number of Topliss-reactive ketones (excluding diaryl/α,β-unsaturated/α-hetero) is 1. The summed E-state index contributed by atoms with van der Waals surface area (Å²) >= 11 is 2.90. The number of alkyl halides is 1. The molecule has 1 N–H and O–H groups in total. The van der Waals surface area contributed by atoms with Crippen molar-refractivity contribution in [2.45, 2.75) is 0 Å². The first-order chi connectivity index (χ1) is 6.61. The molecule has 0 amide bonds. The number of aromatic hydroxyl groups is 1. The zero-order valence-electron chi connectivity index (χ0n) is 6.92. The number of ketones is 1. The molecule has 14 heavy (non-hydrogen) atoms. The van der Waals surface area contributed by atoms with Crippen molar-refractivity contribution in [3.63, 3.8) is 0 Å². The maximum Gasteiger partial charge on any atom is 0.183 e. The smallest absolute Gasteiger partial charge is 0.183 e. The van der Waals surface area contributed by atoms with Crippen LogP contribution in [0.2, 0.25) is 0 Å². The van der Waals surface area contributed by atoms with Crippen molar-refractivity contribution < 1.29 is 14.3 Å². The molecular formula is C9H5BrFNO2. The molecule has 1 aromatic rings. The summed E-state index contributed by atoms with van der Waals surface area (Å²) in [5.41, 5.74) is -0.410. The Bertz CT molecular complexity index is 426. The third-order valence-corrected chi connectivity index (χ3v) is 2.17. The van der Waals surface area contributed by atoms with Crippen molar-refractivity contribution in [1.29, 1.82) is 5.26 Å². The first-order valence-electron chi connectivity index (χ1n) is 3.62. The van der Waals surface area contributed by atoms with E-state index in [0.29, 0.717) is 0 Å². The number of hydrogen-bond donors (Lipinski definition) is 1. The molecule has 0 unspecified atom stereocenters. The molecule has 3 nitrogen and oxygen atoms in total. The number of rotatable bonds is 2. The van der Waals surface area contributed by atoms with Crippen LogP contribution in [0, 0.1) is 17.1 Å². The van der Waals surface area contributed by atoms with Gasteiger partial charge in [0.1, 0.15) is 6.07 Å². The van der Waals surface area contributed by atoms with Crippen molar-refractivity contribution in [3.05, 3.63) is 29.1 Å². The van der Waals surface area contributed by atoms with Gasteiger partial charge >= 0.3 is 0 Å². The molecule has 5 heteroatoms. The Morgan fingerprint density at radius 3 is 2.79 bits per heavy atom. The van der Waals surface area contributed by atoms with Crippen LogP contribution in [0.1, 0.15) is 15.9 Å². The van der Waals surface area contributed by atoms with E-state index in [2.05, 4.69) is 15.9 Å². The predicted octanol–water partition coefficient (Wildman–Crippen LogP) is 1.98. The van der Waals surface area contributed by atoms with E-state index in [4.69, 9.17) is 5.26 Å². The van der Waals surface area contributed by atoms with Crippen LogP contribution in [0.25, 0.3) is 0 Å². The minimum atomic E-state index is -1.06. The highest BCUT2D eigenvalue weighted by Gasteiger charge is 2.16. The number of phenols is 1. The Hall–Kier alpha value is -1.41. The molecule has 0 atom stereocenters. The van der Waals surface area contributed by atoms with E-state index in [1.54, 1.807) is 6.07 Å². The number of benzene rings is 1. The quantitative estimate of drug-likeness (QED) is 0.651. The van der Waals surface area contributed by atoms with Gasteiger partial charge in [-0.1, -0.05) is 15.9 Å². The average Bonchev–Trinajstić information content (AvgIpc) is 2.21. The molecular weight excluding hydrogens is 253 g/mol. The summed E-state index contributed by atoms with van der Waals surface area (Å²) in [4.78, 5) is 11.1. The zero-order valence-corrected chi connectivity index (χ0v) is 8.51. The molecule has 0 saturated carbocycles.